The zero-order chi connectivity index (χ0) is 69.2. The van der Waals surface area contributed by atoms with E-state index in [1.807, 2.05) is 55.4 Å². The quantitative estimate of drug-likeness (QED) is 0.0733. The Bertz CT molecular complexity index is 2600. The van der Waals surface area contributed by atoms with E-state index in [0.717, 1.165) is 19.6 Å². The van der Waals surface area contributed by atoms with Crippen molar-refractivity contribution >= 4 is 75.4 Å². The smallest absolute Gasteiger partial charge is 0.343 e. The third kappa shape index (κ3) is 24.7. The number of rotatable bonds is 17. The molecule has 26 nitrogen and oxygen atoms in total. The Hall–Kier alpha value is -5.22. The van der Waals surface area contributed by atoms with Gasteiger partial charge < -0.3 is 55.6 Å². The van der Waals surface area contributed by atoms with Crippen LogP contribution in [0.25, 0.3) is 0 Å². The van der Waals surface area contributed by atoms with Crippen LogP contribution in [0.3, 0.4) is 0 Å². The van der Waals surface area contributed by atoms with Gasteiger partial charge in [-0.2, -0.15) is 8.42 Å². The summed E-state index contributed by atoms with van der Waals surface area (Å²) in [5.74, 6) is -11.4. The maximum atomic E-state index is 15.3. The molecular formula is C62H111N11NaO15S+. The minimum atomic E-state index is -5.38. The Kier molecular flexibility index (Phi) is 35.9. The summed E-state index contributed by atoms with van der Waals surface area (Å²) in [5, 5.41) is 10.8. The first-order valence-corrected chi connectivity index (χ1v) is 32.6. The summed E-state index contributed by atoms with van der Waals surface area (Å²) < 4.78 is 41.0. The summed E-state index contributed by atoms with van der Waals surface area (Å²) in [6.45, 7) is 28.3. The first-order chi connectivity index (χ1) is 40.9. The molecular weight excluding hydrogens is 1190 g/mol. The van der Waals surface area contributed by atoms with Crippen LogP contribution < -0.4 is 50.8 Å². The Morgan fingerprint density at radius 2 is 0.911 bits per heavy atom. The normalized spacial score (nSPS) is 26.1. The van der Waals surface area contributed by atoms with E-state index in [9.17, 15) is 46.5 Å². The van der Waals surface area contributed by atoms with Crippen LogP contribution in [0.1, 0.15) is 156 Å². The summed E-state index contributed by atoms with van der Waals surface area (Å²) >= 11 is 0. The van der Waals surface area contributed by atoms with E-state index in [1.54, 1.807) is 53.7 Å². The van der Waals surface area contributed by atoms with Gasteiger partial charge in [0.25, 0.3) is 0 Å². The molecule has 0 aromatic heterocycles. The number of nitrogens with one attached hydrogen (secondary N) is 4. The number of hydrogen-bond donors (Lipinski definition) is 5. The van der Waals surface area contributed by atoms with Gasteiger partial charge >= 0.3 is 40.0 Å². The molecule has 5 N–H and O–H groups in total. The van der Waals surface area contributed by atoms with Gasteiger partial charge in [-0.3, -0.25) is 57.3 Å². The third-order valence-corrected chi connectivity index (χ3v) is 16.7. The van der Waals surface area contributed by atoms with E-state index in [-0.39, 0.29) is 91.8 Å². The molecule has 0 aromatic carbocycles. The van der Waals surface area contributed by atoms with Gasteiger partial charge in [0.1, 0.15) is 66.5 Å². The maximum Gasteiger partial charge on any atom is 1.00 e. The standard InChI is InChI=1S/C62H111N11O15S.Na/c1-25-27-28-40(15)52(88-89(85,86)87)51-56(78)65-43(26-2)58(80)67(18)33-48(74)68(19)44(29-34(3)4)55(77)66-49(38(11)12)61(83)69(20)45(30-35(5)6)54(76)63-41(16)53(75)64-42(17)57(79)70(21)46(31-36(7)8)59(81)71(22)47(32-37(9)10)60(82)72(23)50(39(13)14)62(84)73(51)24;/h25,27,34-47,49-52H,26,28-33H2,1-24H3,(H,63,76)(H,64,75)(H,65,78)(H,66,77)(H,85,86,87);/q;+1/b27-25+;. The minimum absolute atomic E-state index is 0. The number of hydrogen-bond acceptors (Lipinski definition) is 14. The first kappa shape index (κ1) is 84.8. The Labute approximate surface area is 559 Å². The van der Waals surface area contributed by atoms with Crippen molar-refractivity contribution in [1.82, 2.24) is 55.6 Å². The van der Waals surface area contributed by atoms with Gasteiger partial charge in [-0.05, 0) is 101 Å². The molecule has 0 spiro atoms. The zero-order valence-corrected chi connectivity index (χ0v) is 61.5. The molecule has 1 aliphatic rings. The van der Waals surface area contributed by atoms with E-state index in [2.05, 4.69) is 21.3 Å². The van der Waals surface area contributed by atoms with Crippen molar-refractivity contribution < 1.29 is 99.5 Å². The van der Waals surface area contributed by atoms with Gasteiger partial charge in [0.2, 0.25) is 65.0 Å². The van der Waals surface area contributed by atoms with Crippen molar-refractivity contribution in [1.29, 1.82) is 0 Å². The van der Waals surface area contributed by atoms with Crippen LogP contribution in [0.15, 0.2) is 12.2 Å². The van der Waals surface area contributed by atoms with E-state index in [0.29, 0.717) is 0 Å². The molecule has 1 aliphatic heterocycles. The van der Waals surface area contributed by atoms with Gasteiger partial charge in [0, 0.05) is 49.3 Å². The van der Waals surface area contributed by atoms with Gasteiger partial charge in [-0.25, -0.2) is 4.18 Å². The number of amides is 11. The molecule has 0 saturated carbocycles. The van der Waals surface area contributed by atoms with E-state index in [4.69, 9.17) is 4.18 Å². The molecule has 12 unspecified atom stereocenters. The number of carbonyl (C=O) groups is 11. The molecule has 28 heteroatoms. The predicted molar refractivity (Wildman–Crippen MR) is 339 cm³/mol. The van der Waals surface area contributed by atoms with Crippen LogP contribution in [-0.4, -0.2) is 235 Å². The fourth-order valence-electron chi connectivity index (χ4n) is 10.9. The molecule has 11 amide bonds. The molecule has 0 bridgehead atoms. The summed E-state index contributed by atoms with van der Waals surface area (Å²) in [6.07, 6.45) is 1.84. The molecule has 0 radical (unpaired) electrons. The summed E-state index contributed by atoms with van der Waals surface area (Å²) in [5.41, 5.74) is 0. The molecule has 1 heterocycles. The van der Waals surface area contributed by atoms with Gasteiger partial charge in [-0.15, -0.1) is 0 Å². The molecule has 12 atom stereocenters. The molecule has 0 aliphatic carbocycles. The molecule has 1 rings (SSSR count). The van der Waals surface area contributed by atoms with E-state index >= 15 is 19.2 Å². The van der Waals surface area contributed by atoms with Crippen molar-refractivity contribution in [3.05, 3.63) is 12.2 Å². The average molecular weight is 1310 g/mol. The zero-order valence-electron chi connectivity index (χ0n) is 58.7. The Balaban J connectivity index is 0.0000792. The third-order valence-electron chi connectivity index (χ3n) is 16.3. The van der Waals surface area contributed by atoms with Crippen molar-refractivity contribution in [2.75, 3.05) is 55.9 Å². The van der Waals surface area contributed by atoms with Crippen LogP contribution in [0.4, 0.5) is 0 Å². The SMILES string of the molecule is C/C=C/CC(C)C(OS(=O)(=O)O)C1C(=O)NC(CC)C(=O)N(C)CC(=O)N(C)C(CC(C)C)C(=O)NC(C(C)C)C(=O)N(C)C(CC(C)C)C(=O)NC(C)C(=O)NC(C)C(=O)N(C)C(CC(C)C)C(=O)N(C)C(CC(C)C)C(=O)N(C)C(C(C)C)C(=O)N1C.[Na+]. The number of carbonyl (C=O) groups excluding carboxylic acids is 11. The number of likely N-dealkylation sites (N-methyl/N-ethyl adjacent to an activating group) is 7. The van der Waals surface area contributed by atoms with E-state index in [1.165, 1.54) is 84.8 Å². The van der Waals surface area contributed by atoms with Crippen molar-refractivity contribution in [2.24, 2.45) is 41.4 Å². The number of nitrogens with zero attached hydrogens (tertiary/aromatic N) is 7. The average Bonchev–Trinajstić information content (AvgIpc) is 0.870. The molecule has 90 heavy (non-hydrogen) atoms. The van der Waals surface area contributed by atoms with Crippen LogP contribution in [0, 0.1) is 41.4 Å². The van der Waals surface area contributed by atoms with Crippen LogP contribution >= 0.6 is 0 Å². The molecule has 0 aromatic rings. The van der Waals surface area contributed by atoms with Crippen molar-refractivity contribution in [2.45, 2.75) is 223 Å². The summed E-state index contributed by atoms with van der Waals surface area (Å²) in [6, 6.07) is -13.4. The second-order valence-corrected chi connectivity index (χ2v) is 27.6. The second-order valence-electron chi connectivity index (χ2n) is 26.6. The Morgan fingerprint density at radius 3 is 1.34 bits per heavy atom. The van der Waals surface area contributed by atoms with E-state index < -0.39 is 166 Å². The van der Waals surface area contributed by atoms with Crippen LogP contribution in [-0.2, 0) is 67.3 Å². The van der Waals surface area contributed by atoms with Crippen molar-refractivity contribution in [3.63, 3.8) is 0 Å². The molecule has 510 valence electrons. The summed E-state index contributed by atoms with van der Waals surface area (Å²) in [4.78, 5) is 169. The fraction of sp³-hybridized carbons (Fsp3) is 0.790. The first-order valence-electron chi connectivity index (χ1n) is 31.2. The van der Waals surface area contributed by atoms with Crippen LogP contribution in [0.5, 0.6) is 0 Å². The second kappa shape index (κ2) is 38.1. The predicted octanol–water partition coefficient (Wildman–Crippen LogP) is 0.100. The molecule has 1 fully saturated rings. The fourth-order valence-corrected chi connectivity index (χ4v) is 11.5. The van der Waals surface area contributed by atoms with Crippen molar-refractivity contribution in [3.8, 4) is 0 Å². The van der Waals surface area contributed by atoms with Gasteiger partial charge in [0.05, 0.1) is 6.54 Å². The largest absolute Gasteiger partial charge is 1.00 e. The molecule has 1 saturated heterocycles. The Morgan fingerprint density at radius 1 is 0.500 bits per heavy atom. The van der Waals surface area contributed by atoms with Gasteiger partial charge in [0.15, 0.2) is 0 Å². The maximum absolute atomic E-state index is 15.3. The minimum Gasteiger partial charge on any atom is -0.343 e. The number of allylic oxidation sites excluding steroid dienone is 2. The monoisotopic (exact) mass is 1300 g/mol. The summed E-state index contributed by atoms with van der Waals surface area (Å²) in [7, 11) is 4.06. The topological polar surface area (TPSA) is 322 Å². The van der Waals surface area contributed by atoms with Gasteiger partial charge in [-0.1, -0.05) is 109 Å². The van der Waals surface area contributed by atoms with Crippen LogP contribution in [0.2, 0.25) is 0 Å².